The summed E-state index contributed by atoms with van der Waals surface area (Å²) in [6.07, 6.45) is -2.35. The Balaban J connectivity index is 1.44. The molecule has 0 saturated carbocycles. The number of halogens is 4. The number of piperidine rings is 1. The Morgan fingerprint density at radius 1 is 1.30 bits per heavy atom. The highest BCUT2D eigenvalue weighted by Crippen LogP contribution is 2.35. The van der Waals surface area contributed by atoms with E-state index in [2.05, 4.69) is 25.5 Å². The van der Waals surface area contributed by atoms with Crippen molar-refractivity contribution >= 4 is 28.2 Å². The molecule has 0 radical (unpaired) electrons. The van der Waals surface area contributed by atoms with Gasteiger partial charge in [-0.05, 0) is 39.1 Å². The highest BCUT2D eigenvalue weighted by Gasteiger charge is 2.31. The number of aromatic nitrogens is 5. The number of rotatable bonds is 7. The van der Waals surface area contributed by atoms with Crippen molar-refractivity contribution < 1.29 is 26.9 Å². The van der Waals surface area contributed by atoms with Gasteiger partial charge in [-0.25, -0.2) is 4.39 Å². The van der Waals surface area contributed by atoms with Gasteiger partial charge in [-0.1, -0.05) is 11.2 Å². The normalized spacial score (nSPS) is 17.8. The molecule has 14 heteroatoms. The molecule has 1 fully saturated rings. The molecule has 1 aliphatic rings. The molecule has 1 saturated heterocycles. The second-order valence-electron chi connectivity index (χ2n) is 10.0. The molecule has 1 atom stereocenters. The molecule has 3 aromatic heterocycles. The van der Waals surface area contributed by atoms with Crippen LogP contribution in [0.3, 0.4) is 0 Å². The molecule has 1 amide bonds. The van der Waals surface area contributed by atoms with E-state index < -0.39 is 24.8 Å². The number of fused-ring (bicyclic) bond motifs is 1. The Bertz CT molecular complexity index is 1550. The third-order valence-corrected chi connectivity index (χ3v) is 6.60. The zero-order chi connectivity index (χ0) is 28.6. The Hall–Kier alpha value is -4.07. The summed E-state index contributed by atoms with van der Waals surface area (Å²) in [5.74, 6) is -0.490. The van der Waals surface area contributed by atoms with Crippen molar-refractivity contribution in [3.63, 3.8) is 0 Å². The molecule has 10 nitrogen and oxygen atoms in total. The van der Waals surface area contributed by atoms with E-state index in [0.29, 0.717) is 35.3 Å². The molecule has 1 aromatic carbocycles. The molecule has 0 spiro atoms. The molecule has 5 rings (SSSR count). The quantitative estimate of drug-likeness (QED) is 0.328. The van der Waals surface area contributed by atoms with Crippen molar-refractivity contribution in [3.8, 4) is 11.5 Å². The first kappa shape index (κ1) is 27.5. The van der Waals surface area contributed by atoms with Gasteiger partial charge in [0.05, 0.1) is 40.9 Å². The number of hydrogen-bond donors (Lipinski definition) is 1. The SMILES string of the molecule is CC(C)n1cc(C(=O)NCc2nc(-c3cc4c(/N=C5\CCN(C)C[C@@H]5F)cccc4n3CC(F)(F)F)no2)cn1. The van der Waals surface area contributed by atoms with Crippen LogP contribution in [0.2, 0.25) is 0 Å². The van der Waals surface area contributed by atoms with Gasteiger partial charge in [0.2, 0.25) is 11.7 Å². The Kier molecular flexibility index (Phi) is 7.45. The van der Waals surface area contributed by atoms with Gasteiger partial charge < -0.3 is 19.3 Å². The van der Waals surface area contributed by atoms with Crippen LogP contribution in [0.1, 0.15) is 42.6 Å². The fourth-order valence-electron chi connectivity index (χ4n) is 4.54. The Labute approximate surface area is 226 Å². The number of alkyl halides is 4. The fraction of sp³-hybridized carbons (Fsp3) is 0.423. The zero-order valence-electron chi connectivity index (χ0n) is 22.1. The second kappa shape index (κ2) is 10.8. The Morgan fingerprint density at radius 2 is 2.10 bits per heavy atom. The molecular weight excluding hydrogens is 532 g/mol. The number of carbonyl (C=O) groups is 1. The van der Waals surface area contributed by atoms with Crippen LogP contribution < -0.4 is 5.32 Å². The largest absolute Gasteiger partial charge is 0.406 e. The third-order valence-electron chi connectivity index (χ3n) is 6.60. The first-order valence-corrected chi connectivity index (χ1v) is 12.7. The van der Waals surface area contributed by atoms with Crippen LogP contribution >= 0.6 is 0 Å². The van der Waals surface area contributed by atoms with Gasteiger partial charge in [-0.15, -0.1) is 0 Å². The maximum Gasteiger partial charge on any atom is 0.406 e. The van der Waals surface area contributed by atoms with Gasteiger partial charge in [0.1, 0.15) is 6.54 Å². The minimum absolute atomic E-state index is 0.00970. The van der Waals surface area contributed by atoms with Gasteiger partial charge in [0, 0.05) is 37.1 Å². The van der Waals surface area contributed by atoms with Crippen molar-refractivity contribution in [1.29, 1.82) is 0 Å². The number of benzene rings is 1. The topological polar surface area (TPSA) is 106 Å². The summed E-state index contributed by atoms with van der Waals surface area (Å²) < 4.78 is 63.4. The lowest BCUT2D eigenvalue weighted by Gasteiger charge is -2.26. The van der Waals surface area contributed by atoms with Crippen molar-refractivity contribution in [2.75, 3.05) is 20.1 Å². The van der Waals surface area contributed by atoms with E-state index in [4.69, 9.17) is 4.52 Å². The van der Waals surface area contributed by atoms with Crippen molar-refractivity contribution in [1.82, 2.24) is 34.7 Å². The summed E-state index contributed by atoms with van der Waals surface area (Å²) in [7, 11) is 1.82. The van der Waals surface area contributed by atoms with Crippen LogP contribution in [0.25, 0.3) is 22.4 Å². The monoisotopic (exact) mass is 560 g/mol. The number of aliphatic imine (C=N–C) groups is 1. The maximum absolute atomic E-state index is 14.6. The van der Waals surface area contributed by atoms with Crippen molar-refractivity contribution in [2.24, 2.45) is 4.99 Å². The number of likely N-dealkylation sites (tertiary alicyclic amines) is 1. The third kappa shape index (κ3) is 5.91. The molecule has 0 aliphatic carbocycles. The number of amides is 1. The summed E-state index contributed by atoms with van der Waals surface area (Å²) in [5.41, 5.74) is 1.36. The molecule has 0 unspecified atom stereocenters. The molecule has 4 aromatic rings. The molecular formula is C26H28F4N8O2. The molecule has 0 bridgehead atoms. The smallest absolute Gasteiger partial charge is 0.343 e. The maximum atomic E-state index is 14.6. The molecule has 1 N–H and O–H groups in total. The van der Waals surface area contributed by atoms with Gasteiger partial charge >= 0.3 is 6.18 Å². The second-order valence-corrected chi connectivity index (χ2v) is 10.0. The van der Waals surface area contributed by atoms with Crippen molar-refractivity contribution in [3.05, 3.63) is 48.1 Å². The number of carbonyl (C=O) groups excluding carboxylic acids is 1. The number of hydrogen-bond acceptors (Lipinski definition) is 7. The van der Waals surface area contributed by atoms with Gasteiger partial charge in [-0.3, -0.25) is 14.5 Å². The van der Waals surface area contributed by atoms with E-state index in [9.17, 15) is 22.4 Å². The first-order valence-electron chi connectivity index (χ1n) is 12.7. The molecule has 4 heterocycles. The highest BCUT2D eigenvalue weighted by molar-refractivity contribution is 5.99. The first-order chi connectivity index (χ1) is 19.0. The molecule has 212 valence electrons. The van der Waals surface area contributed by atoms with Gasteiger partial charge in [-0.2, -0.15) is 23.3 Å². The van der Waals surface area contributed by atoms with E-state index in [-0.39, 0.29) is 42.1 Å². The highest BCUT2D eigenvalue weighted by atomic mass is 19.4. The summed E-state index contributed by atoms with van der Waals surface area (Å²) in [4.78, 5) is 23.1. The van der Waals surface area contributed by atoms with E-state index in [1.54, 1.807) is 23.0 Å². The summed E-state index contributed by atoms with van der Waals surface area (Å²) >= 11 is 0. The van der Waals surface area contributed by atoms with Crippen LogP contribution in [0.15, 0.2) is 46.2 Å². The lowest BCUT2D eigenvalue weighted by Crippen LogP contribution is -2.39. The lowest BCUT2D eigenvalue weighted by molar-refractivity contribution is -0.139. The van der Waals surface area contributed by atoms with Crippen LogP contribution in [-0.4, -0.2) is 73.5 Å². The van der Waals surface area contributed by atoms with Crippen LogP contribution in [0, 0.1) is 0 Å². The van der Waals surface area contributed by atoms with Crippen LogP contribution in [-0.2, 0) is 13.1 Å². The molecule has 40 heavy (non-hydrogen) atoms. The predicted molar refractivity (Wildman–Crippen MR) is 139 cm³/mol. The van der Waals surface area contributed by atoms with Crippen LogP contribution in [0.4, 0.5) is 23.2 Å². The van der Waals surface area contributed by atoms with Crippen LogP contribution in [0.5, 0.6) is 0 Å². The van der Waals surface area contributed by atoms with E-state index in [1.165, 1.54) is 18.3 Å². The van der Waals surface area contributed by atoms with Gasteiger partial charge in [0.25, 0.3) is 5.91 Å². The van der Waals surface area contributed by atoms with Gasteiger partial charge in [0.15, 0.2) is 6.17 Å². The van der Waals surface area contributed by atoms with Crippen molar-refractivity contribution in [2.45, 2.75) is 51.7 Å². The number of nitrogens with one attached hydrogen (secondary N) is 1. The summed E-state index contributed by atoms with van der Waals surface area (Å²) in [6.45, 7) is 3.26. The van der Waals surface area contributed by atoms with E-state index >= 15 is 0 Å². The number of nitrogens with zero attached hydrogens (tertiary/aromatic N) is 7. The molecule has 1 aliphatic heterocycles. The Morgan fingerprint density at radius 3 is 2.80 bits per heavy atom. The fourth-order valence-corrected chi connectivity index (χ4v) is 4.54. The standard InChI is InChI=1S/C26H28F4N8O2/c1-15(2)38-12-16(10-32-38)25(39)31-11-23-34-24(35-40-23)22-9-17-19(33-20-7-8-36(3)13-18(20)27)5-4-6-21(17)37(22)14-26(28,29)30/h4-6,9-10,12,15,18H,7-8,11,13-14H2,1-3H3,(H,31,39)/b33-20+/t18-/m0/s1. The average Bonchev–Trinajstić information content (AvgIpc) is 3.63. The summed E-state index contributed by atoms with van der Waals surface area (Å²) in [6, 6.07) is 6.34. The minimum Gasteiger partial charge on any atom is -0.343 e. The van der Waals surface area contributed by atoms with E-state index in [1.807, 2.05) is 25.8 Å². The summed E-state index contributed by atoms with van der Waals surface area (Å²) in [5, 5.41) is 11.0. The lowest BCUT2D eigenvalue weighted by atomic mass is 10.1. The van der Waals surface area contributed by atoms with E-state index in [0.717, 1.165) is 4.57 Å². The average molecular weight is 561 g/mol. The predicted octanol–water partition coefficient (Wildman–Crippen LogP) is 4.71. The minimum atomic E-state index is -4.54. The zero-order valence-corrected chi connectivity index (χ0v) is 22.1.